The summed E-state index contributed by atoms with van der Waals surface area (Å²) in [5.41, 5.74) is 0.788. The molecule has 0 unspecified atom stereocenters. The van der Waals surface area contributed by atoms with E-state index in [-0.39, 0.29) is 0 Å². The molecule has 1 saturated heterocycles. The Labute approximate surface area is 129 Å². The highest BCUT2D eigenvalue weighted by Gasteiger charge is 2.29. The maximum Gasteiger partial charge on any atom is 0.281 e. The molecular formula is C13H18N6O2S. The number of hydrogen-bond donors (Lipinski definition) is 0. The van der Waals surface area contributed by atoms with Gasteiger partial charge in [-0.25, -0.2) is 9.97 Å². The molecule has 0 spiro atoms. The van der Waals surface area contributed by atoms with Gasteiger partial charge < -0.3 is 4.90 Å². The molecule has 0 radical (unpaired) electrons. The van der Waals surface area contributed by atoms with Gasteiger partial charge in [-0.05, 0) is 6.07 Å². The highest BCUT2D eigenvalue weighted by molar-refractivity contribution is 7.86. The maximum absolute atomic E-state index is 12.1. The predicted octanol–water partition coefficient (Wildman–Crippen LogP) is -0.0468. The van der Waals surface area contributed by atoms with E-state index in [1.807, 2.05) is 6.07 Å². The van der Waals surface area contributed by atoms with Crippen LogP contribution in [0, 0.1) is 0 Å². The summed E-state index contributed by atoms with van der Waals surface area (Å²) in [5.74, 6) is 0.828. The molecule has 0 amide bonds. The quantitative estimate of drug-likeness (QED) is 0.788. The molecule has 22 heavy (non-hydrogen) atoms. The lowest BCUT2D eigenvalue weighted by Crippen LogP contribution is -2.51. The molecule has 0 atom stereocenters. The first-order valence-electron chi connectivity index (χ1n) is 6.97. The van der Waals surface area contributed by atoms with Crippen molar-refractivity contribution in [3.8, 4) is 0 Å². The number of fused-ring (bicyclic) bond motifs is 1. The SMILES string of the molecule is CN(C)S(=O)(=O)N1CCN(c2ncnc3cnccc23)CC1. The van der Waals surface area contributed by atoms with E-state index in [1.165, 1.54) is 14.9 Å². The van der Waals surface area contributed by atoms with E-state index in [9.17, 15) is 8.42 Å². The zero-order valence-electron chi connectivity index (χ0n) is 12.5. The summed E-state index contributed by atoms with van der Waals surface area (Å²) < 4.78 is 27.0. The second-order valence-electron chi connectivity index (χ2n) is 5.27. The van der Waals surface area contributed by atoms with Crippen molar-refractivity contribution in [1.82, 2.24) is 23.6 Å². The number of rotatable bonds is 3. The van der Waals surface area contributed by atoms with Crippen LogP contribution < -0.4 is 4.90 Å². The summed E-state index contributed by atoms with van der Waals surface area (Å²) in [6, 6.07) is 1.88. The minimum absolute atomic E-state index is 0.442. The third kappa shape index (κ3) is 2.62. The molecule has 8 nitrogen and oxygen atoms in total. The summed E-state index contributed by atoms with van der Waals surface area (Å²) >= 11 is 0. The Kier molecular flexibility index (Phi) is 3.94. The van der Waals surface area contributed by atoms with Gasteiger partial charge in [0.15, 0.2) is 0 Å². The van der Waals surface area contributed by atoms with Crippen molar-refractivity contribution in [2.45, 2.75) is 0 Å². The molecule has 9 heteroatoms. The van der Waals surface area contributed by atoms with Gasteiger partial charge in [0.2, 0.25) is 0 Å². The number of nitrogens with zero attached hydrogens (tertiary/aromatic N) is 6. The topological polar surface area (TPSA) is 82.5 Å². The molecule has 2 aromatic rings. The van der Waals surface area contributed by atoms with Gasteiger partial charge in [-0.15, -0.1) is 0 Å². The summed E-state index contributed by atoms with van der Waals surface area (Å²) in [5, 5.41) is 0.932. The van der Waals surface area contributed by atoms with Crippen molar-refractivity contribution in [3.63, 3.8) is 0 Å². The first-order valence-corrected chi connectivity index (χ1v) is 8.37. The first-order chi connectivity index (χ1) is 10.5. The lowest BCUT2D eigenvalue weighted by Gasteiger charge is -2.36. The van der Waals surface area contributed by atoms with Crippen LogP contribution in [-0.4, -0.2) is 72.3 Å². The van der Waals surface area contributed by atoms with Crippen LogP contribution in [0.5, 0.6) is 0 Å². The highest BCUT2D eigenvalue weighted by atomic mass is 32.2. The van der Waals surface area contributed by atoms with Gasteiger partial charge in [-0.1, -0.05) is 0 Å². The Hall–Kier alpha value is -1.84. The summed E-state index contributed by atoms with van der Waals surface area (Å²) in [6.45, 7) is 2.08. The average molecular weight is 322 g/mol. The van der Waals surface area contributed by atoms with Gasteiger partial charge in [0.25, 0.3) is 10.2 Å². The van der Waals surface area contributed by atoms with E-state index in [1.54, 1.807) is 26.5 Å². The van der Waals surface area contributed by atoms with Crippen molar-refractivity contribution in [2.24, 2.45) is 0 Å². The zero-order chi connectivity index (χ0) is 15.7. The molecular weight excluding hydrogens is 304 g/mol. The van der Waals surface area contributed by atoms with Crippen molar-refractivity contribution in [2.75, 3.05) is 45.2 Å². The predicted molar refractivity (Wildman–Crippen MR) is 83.7 cm³/mol. The molecule has 0 bridgehead atoms. The standard InChI is InChI=1S/C13H18N6O2S/c1-17(2)22(20,21)19-7-5-18(6-8-19)13-11-3-4-14-9-12(11)15-10-16-13/h3-4,9-10H,5-8H2,1-2H3. The van der Waals surface area contributed by atoms with Crippen LogP contribution in [0.1, 0.15) is 0 Å². The van der Waals surface area contributed by atoms with Crippen molar-refractivity contribution in [1.29, 1.82) is 0 Å². The Morgan fingerprint density at radius 2 is 1.86 bits per heavy atom. The zero-order valence-corrected chi connectivity index (χ0v) is 13.4. The molecule has 1 aliphatic rings. The maximum atomic E-state index is 12.1. The lowest BCUT2D eigenvalue weighted by molar-refractivity contribution is 0.355. The number of hydrogen-bond acceptors (Lipinski definition) is 6. The van der Waals surface area contributed by atoms with Crippen LogP contribution in [0.25, 0.3) is 10.9 Å². The van der Waals surface area contributed by atoms with Crippen LogP contribution in [0.3, 0.4) is 0 Å². The van der Waals surface area contributed by atoms with Gasteiger partial charge in [0.05, 0.1) is 11.7 Å². The van der Waals surface area contributed by atoms with Gasteiger partial charge >= 0.3 is 0 Å². The fourth-order valence-electron chi connectivity index (χ4n) is 2.51. The Balaban J connectivity index is 1.82. The molecule has 118 valence electrons. The van der Waals surface area contributed by atoms with Crippen molar-refractivity contribution < 1.29 is 8.42 Å². The van der Waals surface area contributed by atoms with E-state index in [2.05, 4.69) is 19.9 Å². The smallest absolute Gasteiger partial charge is 0.281 e. The van der Waals surface area contributed by atoms with Gasteiger partial charge in [-0.3, -0.25) is 4.98 Å². The Morgan fingerprint density at radius 1 is 1.14 bits per heavy atom. The fourth-order valence-corrected chi connectivity index (χ4v) is 3.59. The van der Waals surface area contributed by atoms with E-state index >= 15 is 0 Å². The molecule has 1 fully saturated rings. The lowest BCUT2D eigenvalue weighted by atomic mass is 10.2. The number of piperazine rings is 1. The van der Waals surface area contributed by atoms with E-state index < -0.39 is 10.2 Å². The monoisotopic (exact) mass is 322 g/mol. The molecule has 3 heterocycles. The van der Waals surface area contributed by atoms with E-state index in [4.69, 9.17) is 0 Å². The van der Waals surface area contributed by atoms with Crippen LogP contribution in [0.15, 0.2) is 24.8 Å². The molecule has 2 aromatic heterocycles. The van der Waals surface area contributed by atoms with Crippen LogP contribution in [0.4, 0.5) is 5.82 Å². The number of anilines is 1. The second kappa shape index (κ2) is 5.75. The number of pyridine rings is 1. The number of aromatic nitrogens is 3. The van der Waals surface area contributed by atoms with Crippen molar-refractivity contribution in [3.05, 3.63) is 24.8 Å². The van der Waals surface area contributed by atoms with Crippen LogP contribution in [-0.2, 0) is 10.2 Å². The van der Waals surface area contributed by atoms with Gasteiger partial charge in [0, 0.05) is 51.9 Å². The summed E-state index contributed by atoms with van der Waals surface area (Å²) in [4.78, 5) is 14.7. The molecule has 3 rings (SSSR count). The van der Waals surface area contributed by atoms with Crippen molar-refractivity contribution >= 4 is 26.9 Å². The minimum atomic E-state index is -3.35. The molecule has 0 saturated carbocycles. The minimum Gasteiger partial charge on any atom is -0.353 e. The third-order valence-electron chi connectivity index (χ3n) is 3.74. The van der Waals surface area contributed by atoms with Crippen LogP contribution >= 0.6 is 0 Å². The largest absolute Gasteiger partial charge is 0.353 e. The Bertz CT molecular complexity index is 766. The molecule has 0 N–H and O–H groups in total. The second-order valence-corrected chi connectivity index (χ2v) is 7.41. The normalized spacial score (nSPS) is 17.3. The van der Waals surface area contributed by atoms with Gasteiger partial charge in [-0.2, -0.15) is 17.0 Å². The van der Waals surface area contributed by atoms with Gasteiger partial charge in [0.1, 0.15) is 12.1 Å². The fraction of sp³-hybridized carbons (Fsp3) is 0.462. The van der Waals surface area contributed by atoms with E-state index in [0.29, 0.717) is 26.2 Å². The third-order valence-corrected chi connectivity index (χ3v) is 5.68. The highest BCUT2D eigenvalue weighted by Crippen LogP contribution is 2.23. The Morgan fingerprint density at radius 3 is 2.55 bits per heavy atom. The summed E-state index contributed by atoms with van der Waals surface area (Å²) in [6.07, 6.45) is 4.93. The molecule has 0 aliphatic carbocycles. The first kappa shape index (κ1) is 15.1. The van der Waals surface area contributed by atoms with Crippen LogP contribution in [0.2, 0.25) is 0 Å². The average Bonchev–Trinajstić information content (AvgIpc) is 2.54. The van der Waals surface area contributed by atoms with E-state index in [0.717, 1.165) is 16.7 Å². The molecule has 0 aromatic carbocycles. The summed E-state index contributed by atoms with van der Waals surface area (Å²) in [7, 11) is -0.254. The molecule has 1 aliphatic heterocycles.